The van der Waals surface area contributed by atoms with Gasteiger partial charge in [0, 0.05) is 0 Å². The highest BCUT2D eigenvalue weighted by molar-refractivity contribution is 5.89. The number of aryl methyl sites for hydroxylation is 2. The van der Waals surface area contributed by atoms with E-state index < -0.39 is 0 Å². The average molecular weight is 217 g/mol. The van der Waals surface area contributed by atoms with E-state index in [2.05, 4.69) is 0 Å². The van der Waals surface area contributed by atoms with Gasteiger partial charge in [-0.1, -0.05) is 51.0 Å². The molecule has 0 unspecified atom stereocenters. The minimum absolute atomic E-state index is 0.0119. The first-order valence-corrected chi connectivity index (χ1v) is 5.50. The number of benzene rings is 2. The molecule has 0 atom stereocenters. The molecule has 2 aromatic rings. The Morgan fingerprint density at radius 1 is 1.00 bits per heavy atom. The molecule has 0 saturated carbocycles. The van der Waals surface area contributed by atoms with Crippen molar-refractivity contribution < 1.29 is 6.85 Å². The summed E-state index contributed by atoms with van der Waals surface area (Å²) in [5, 5.41) is 1.01. The van der Waals surface area contributed by atoms with E-state index in [0.717, 1.165) is 11.1 Å². The highest BCUT2D eigenvalue weighted by atomic mass is 14.2. The van der Waals surface area contributed by atoms with Gasteiger partial charge < -0.3 is 0 Å². The number of fused-ring (bicyclic) bond motifs is 1. The van der Waals surface area contributed by atoms with E-state index in [1.165, 1.54) is 0 Å². The van der Waals surface area contributed by atoms with Crippen molar-refractivity contribution in [3.8, 4) is 0 Å². The van der Waals surface area contributed by atoms with Gasteiger partial charge in [0.1, 0.15) is 0 Å². The Morgan fingerprint density at radius 2 is 1.69 bits per heavy atom. The zero-order chi connectivity index (χ0) is 16.3. The molecule has 0 N–H and O–H groups in total. The smallest absolute Gasteiger partial charge is 0.0614 e. The molecule has 2 rings (SSSR count). The predicted octanol–water partition coefficient (Wildman–Crippen LogP) is 4.75. The quantitative estimate of drug-likeness (QED) is 0.597. The van der Waals surface area contributed by atoms with Gasteiger partial charge in [-0.2, -0.15) is 0 Å². The molecule has 0 radical (unpaired) electrons. The van der Waals surface area contributed by atoms with Gasteiger partial charge >= 0.3 is 0 Å². The van der Waals surface area contributed by atoms with Gasteiger partial charge in [-0.15, -0.1) is 0 Å². The zero-order valence-corrected chi connectivity index (χ0v) is 10.5. The lowest BCUT2D eigenvalue weighted by Crippen LogP contribution is -2.13. The van der Waals surface area contributed by atoms with Crippen LogP contribution in [-0.4, -0.2) is 0 Å². The third-order valence-corrected chi connectivity index (χ3v) is 2.88. The van der Waals surface area contributed by atoms with E-state index >= 15 is 0 Å². The Kier molecular flexibility index (Phi) is 1.46. The summed E-state index contributed by atoms with van der Waals surface area (Å²) < 4.78 is 40.5. The maximum Gasteiger partial charge on any atom is 0.0629 e. The summed E-state index contributed by atoms with van der Waals surface area (Å²) in [5.74, 6) is 0. The van der Waals surface area contributed by atoms with Gasteiger partial charge in [-0.05, 0) is 46.7 Å². The number of rotatable bonds is 0. The SMILES string of the molecule is [2H]c1c([2H])c(C)c2c(C)c(C(C)(C)C)c([2H])c([2H])c2c1[2H]. The Hall–Kier alpha value is -1.30. The van der Waals surface area contributed by atoms with E-state index in [4.69, 9.17) is 6.85 Å². The van der Waals surface area contributed by atoms with Gasteiger partial charge in [-0.25, -0.2) is 0 Å². The van der Waals surface area contributed by atoms with E-state index in [0.29, 0.717) is 16.3 Å². The summed E-state index contributed by atoms with van der Waals surface area (Å²) in [5.41, 5.74) is 1.95. The van der Waals surface area contributed by atoms with Crippen LogP contribution in [0.3, 0.4) is 0 Å². The monoisotopic (exact) mass is 217 g/mol. The number of hydrogen-bond acceptors (Lipinski definition) is 0. The topological polar surface area (TPSA) is 0 Å². The maximum atomic E-state index is 8.29. The third-order valence-electron chi connectivity index (χ3n) is 2.88. The van der Waals surface area contributed by atoms with Crippen molar-refractivity contribution >= 4 is 10.8 Å². The van der Waals surface area contributed by atoms with E-state index in [1.807, 2.05) is 27.7 Å². The molecule has 16 heavy (non-hydrogen) atoms. The Balaban J connectivity index is 3.19. The molecule has 0 spiro atoms. The third kappa shape index (κ3) is 1.73. The van der Waals surface area contributed by atoms with E-state index in [9.17, 15) is 0 Å². The second-order valence-corrected chi connectivity index (χ2v) is 5.25. The molecule has 0 nitrogen and oxygen atoms in total. The van der Waals surface area contributed by atoms with E-state index in [-0.39, 0.29) is 35.6 Å². The molecule has 0 aliphatic rings. The van der Waals surface area contributed by atoms with Crippen molar-refractivity contribution in [2.75, 3.05) is 0 Å². The van der Waals surface area contributed by atoms with Crippen molar-refractivity contribution in [3.63, 3.8) is 0 Å². The Labute approximate surface area is 105 Å². The lowest BCUT2D eigenvalue weighted by Gasteiger charge is -2.23. The van der Waals surface area contributed by atoms with E-state index in [1.54, 1.807) is 6.92 Å². The van der Waals surface area contributed by atoms with Gasteiger partial charge in [0.2, 0.25) is 0 Å². The van der Waals surface area contributed by atoms with Crippen LogP contribution in [0.4, 0.5) is 0 Å². The van der Waals surface area contributed by atoms with Crippen LogP contribution in [0.5, 0.6) is 0 Å². The average Bonchev–Trinajstić information content (AvgIpc) is 2.36. The number of hydrogen-bond donors (Lipinski definition) is 0. The van der Waals surface area contributed by atoms with Crippen LogP contribution >= 0.6 is 0 Å². The normalized spacial score (nSPS) is 16.4. The molecular weight excluding hydrogens is 192 g/mol. The minimum atomic E-state index is -0.290. The molecular formula is C16H20. The van der Waals surface area contributed by atoms with Crippen LogP contribution in [-0.2, 0) is 5.41 Å². The van der Waals surface area contributed by atoms with Crippen LogP contribution in [0.15, 0.2) is 30.2 Å². The first-order chi connectivity index (χ1) is 9.50. The highest BCUT2D eigenvalue weighted by Crippen LogP contribution is 2.32. The van der Waals surface area contributed by atoms with Crippen molar-refractivity contribution in [2.45, 2.75) is 40.0 Å². The molecule has 0 aromatic heterocycles. The second kappa shape index (κ2) is 3.62. The van der Waals surface area contributed by atoms with Gasteiger partial charge in [-0.3, -0.25) is 0 Å². The fraction of sp³-hybridized carbons (Fsp3) is 0.375. The molecule has 0 amide bonds. The Morgan fingerprint density at radius 3 is 2.31 bits per heavy atom. The standard InChI is InChI=1S/C16H20/c1-11-7-6-8-13-9-10-14(16(3,4)5)12(2)15(11)13/h6-10H,1-5H3/i6D,7D,8D,9D,10D. The fourth-order valence-corrected chi connectivity index (χ4v) is 2.16. The molecule has 84 valence electrons. The first kappa shape index (κ1) is 6.44. The molecule has 0 saturated heterocycles. The van der Waals surface area contributed by atoms with Gasteiger partial charge in [0.05, 0.1) is 6.85 Å². The van der Waals surface area contributed by atoms with Crippen LogP contribution in [0, 0.1) is 13.8 Å². The predicted molar refractivity (Wildman–Crippen MR) is 72.1 cm³/mol. The molecule has 2 aromatic carbocycles. The summed E-state index contributed by atoms with van der Waals surface area (Å²) in [4.78, 5) is 0. The van der Waals surface area contributed by atoms with Crippen LogP contribution < -0.4 is 0 Å². The molecule has 0 heterocycles. The minimum Gasteiger partial charge on any atom is -0.0614 e. The van der Waals surface area contributed by atoms with Crippen molar-refractivity contribution in [1.82, 2.24) is 0 Å². The molecule has 0 aliphatic heterocycles. The largest absolute Gasteiger partial charge is 0.0629 e. The van der Waals surface area contributed by atoms with Crippen molar-refractivity contribution in [2.24, 2.45) is 0 Å². The summed E-state index contributed by atoms with van der Waals surface area (Å²) in [6.07, 6.45) is 0. The second-order valence-electron chi connectivity index (χ2n) is 5.25. The van der Waals surface area contributed by atoms with Crippen LogP contribution in [0.25, 0.3) is 10.8 Å². The van der Waals surface area contributed by atoms with Crippen LogP contribution in [0.1, 0.15) is 44.3 Å². The highest BCUT2D eigenvalue weighted by Gasteiger charge is 2.17. The lowest BCUT2D eigenvalue weighted by atomic mass is 9.82. The Bertz CT molecular complexity index is 754. The van der Waals surface area contributed by atoms with Crippen molar-refractivity contribution in [1.29, 1.82) is 0 Å². The first-order valence-electron chi connectivity index (χ1n) is 8.00. The summed E-state index contributed by atoms with van der Waals surface area (Å²) in [7, 11) is 0. The summed E-state index contributed by atoms with van der Waals surface area (Å²) >= 11 is 0. The summed E-state index contributed by atoms with van der Waals surface area (Å²) in [6, 6.07) is -0.147. The molecule has 0 bridgehead atoms. The van der Waals surface area contributed by atoms with Gasteiger partial charge in [0.15, 0.2) is 0 Å². The zero-order valence-electron chi connectivity index (χ0n) is 15.5. The van der Waals surface area contributed by atoms with Crippen LogP contribution in [0.2, 0.25) is 0 Å². The van der Waals surface area contributed by atoms with Gasteiger partial charge in [0.25, 0.3) is 0 Å². The maximum absolute atomic E-state index is 8.29. The lowest BCUT2D eigenvalue weighted by molar-refractivity contribution is 0.587. The summed E-state index contributed by atoms with van der Waals surface area (Å²) in [6.45, 7) is 9.63. The molecule has 0 heteroatoms. The molecule has 0 aliphatic carbocycles. The molecule has 0 fully saturated rings. The fourth-order valence-electron chi connectivity index (χ4n) is 2.16. The van der Waals surface area contributed by atoms with Crippen molar-refractivity contribution in [3.05, 3.63) is 46.9 Å².